The molecule has 1 aromatic carbocycles. The Kier molecular flexibility index (Phi) is 4.69. The van der Waals surface area contributed by atoms with E-state index >= 15 is 0 Å². The summed E-state index contributed by atoms with van der Waals surface area (Å²) in [6.07, 6.45) is 3.62. The zero-order valence-corrected chi connectivity index (χ0v) is 12.8. The minimum atomic E-state index is -0.523. The van der Waals surface area contributed by atoms with Crippen LogP contribution in [0.2, 0.25) is 0 Å². The van der Waals surface area contributed by atoms with Crippen LogP contribution in [0.4, 0.5) is 4.39 Å². The second-order valence-electron chi connectivity index (χ2n) is 7.02. The minimum absolute atomic E-state index is 0.191. The van der Waals surface area contributed by atoms with Crippen LogP contribution in [0.15, 0.2) is 18.2 Å². The molecule has 2 rings (SSSR count). The van der Waals surface area contributed by atoms with Gasteiger partial charge >= 0.3 is 0 Å². The third-order valence-electron chi connectivity index (χ3n) is 4.51. The van der Waals surface area contributed by atoms with Crippen molar-refractivity contribution in [3.63, 3.8) is 0 Å². The molecule has 1 atom stereocenters. The van der Waals surface area contributed by atoms with Crippen LogP contribution < -0.4 is 0 Å². The largest absolute Gasteiger partial charge is 0.505 e. The quantitative estimate of drug-likeness (QED) is 0.878. The second kappa shape index (κ2) is 6.13. The Morgan fingerprint density at radius 2 is 2.00 bits per heavy atom. The van der Waals surface area contributed by atoms with E-state index in [2.05, 4.69) is 25.7 Å². The number of benzene rings is 1. The smallest absolute Gasteiger partial charge is 0.165 e. The van der Waals surface area contributed by atoms with Crippen LogP contribution in [-0.4, -0.2) is 23.1 Å². The van der Waals surface area contributed by atoms with Crippen molar-refractivity contribution in [1.82, 2.24) is 4.90 Å². The van der Waals surface area contributed by atoms with Crippen molar-refractivity contribution >= 4 is 0 Å². The van der Waals surface area contributed by atoms with E-state index in [4.69, 9.17) is 0 Å². The van der Waals surface area contributed by atoms with Gasteiger partial charge in [0.1, 0.15) is 0 Å². The molecule has 1 heterocycles. The van der Waals surface area contributed by atoms with E-state index in [-0.39, 0.29) is 5.75 Å². The maximum Gasteiger partial charge on any atom is 0.165 e. The molecular weight excluding hydrogens is 253 g/mol. The first kappa shape index (κ1) is 15.3. The van der Waals surface area contributed by atoms with Crippen molar-refractivity contribution in [3.05, 3.63) is 29.6 Å². The number of halogens is 1. The number of aromatic hydroxyl groups is 1. The Balaban J connectivity index is 1.99. The molecular formula is C17H26FNO. The van der Waals surface area contributed by atoms with E-state index in [1.807, 2.05) is 6.07 Å². The summed E-state index contributed by atoms with van der Waals surface area (Å²) in [5.41, 5.74) is 1.05. The van der Waals surface area contributed by atoms with Crippen LogP contribution in [0.5, 0.6) is 5.75 Å². The molecule has 1 aromatic rings. The van der Waals surface area contributed by atoms with Gasteiger partial charge in [0.05, 0.1) is 0 Å². The Morgan fingerprint density at radius 3 is 2.70 bits per heavy atom. The molecule has 1 fully saturated rings. The van der Waals surface area contributed by atoms with Gasteiger partial charge in [-0.25, -0.2) is 4.39 Å². The van der Waals surface area contributed by atoms with Gasteiger partial charge in [-0.05, 0) is 49.8 Å². The fourth-order valence-electron chi connectivity index (χ4n) is 3.11. The summed E-state index contributed by atoms with van der Waals surface area (Å²) in [6, 6.07) is 4.78. The van der Waals surface area contributed by atoms with Gasteiger partial charge in [0.2, 0.25) is 0 Å². The summed E-state index contributed by atoms with van der Waals surface area (Å²) in [7, 11) is 0. The van der Waals surface area contributed by atoms with Crippen LogP contribution in [0, 0.1) is 17.2 Å². The molecule has 1 unspecified atom stereocenters. The standard InChI is InChI=1S/C17H26FNO/c1-17(2,3)14-7-5-10-19(11-9-14)12-13-6-4-8-15(18)16(13)20/h4,6,8,14,20H,5,7,9-12H2,1-3H3. The minimum Gasteiger partial charge on any atom is -0.505 e. The van der Waals surface area contributed by atoms with Gasteiger partial charge < -0.3 is 5.11 Å². The number of para-hydroxylation sites is 1. The normalized spacial score (nSPS) is 21.7. The van der Waals surface area contributed by atoms with Crippen molar-refractivity contribution in [2.45, 2.75) is 46.6 Å². The first-order chi connectivity index (χ1) is 9.38. The van der Waals surface area contributed by atoms with E-state index in [1.54, 1.807) is 6.07 Å². The third kappa shape index (κ3) is 3.72. The van der Waals surface area contributed by atoms with Crippen molar-refractivity contribution in [3.8, 4) is 5.75 Å². The molecule has 3 heteroatoms. The molecule has 2 nitrogen and oxygen atoms in total. The number of rotatable bonds is 2. The number of nitrogens with zero attached hydrogens (tertiary/aromatic N) is 1. The molecule has 0 saturated carbocycles. The predicted octanol–water partition coefficient (Wildman–Crippen LogP) is 4.18. The highest BCUT2D eigenvalue weighted by atomic mass is 19.1. The van der Waals surface area contributed by atoms with Gasteiger partial charge in [-0.3, -0.25) is 4.90 Å². The van der Waals surface area contributed by atoms with Gasteiger partial charge in [-0.15, -0.1) is 0 Å². The van der Waals surface area contributed by atoms with Gasteiger partial charge in [-0.1, -0.05) is 32.9 Å². The molecule has 0 radical (unpaired) electrons. The highest BCUT2D eigenvalue weighted by Crippen LogP contribution is 2.34. The van der Waals surface area contributed by atoms with Crippen molar-refractivity contribution < 1.29 is 9.50 Å². The van der Waals surface area contributed by atoms with Gasteiger partial charge in [-0.2, -0.15) is 0 Å². The number of phenols is 1. The molecule has 0 aliphatic carbocycles. The molecule has 1 N–H and O–H groups in total. The summed E-state index contributed by atoms with van der Waals surface area (Å²) in [5.74, 6) is 0.0302. The summed E-state index contributed by atoms with van der Waals surface area (Å²) < 4.78 is 13.4. The molecule has 0 bridgehead atoms. The monoisotopic (exact) mass is 279 g/mol. The Labute approximate surface area is 121 Å². The third-order valence-corrected chi connectivity index (χ3v) is 4.51. The maximum atomic E-state index is 13.4. The van der Waals surface area contributed by atoms with Crippen LogP contribution >= 0.6 is 0 Å². The Bertz CT molecular complexity index is 453. The highest BCUT2D eigenvalue weighted by molar-refractivity contribution is 5.33. The number of phenolic OH excluding ortho intramolecular Hbond substituents is 1. The Hall–Kier alpha value is -1.09. The highest BCUT2D eigenvalue weighted by Gasteiger charge is 2.27. The summed E-state index contributed by atoms with van der Waals surface area (Å²) in [5, 5.41) is 9.78. The lowest BCUT2D eigenvalue weighted by Gasteiger charge is -2.29. The van der Waals surface area contributed by atoms with Crippen molar-refractivity contribution in [1.29, 1.82) is 0 Å². The number of hydrogen-bond acceptors (Lipinski definition) is 2. The SMILES string of the molecule is CC(C)(C)C1CCCN(Cc2cccc(F)c2O)CC1. The van der Waals surface area contributed by atoms with Crippen molar-refractivity contribution in [2.75, 3.05) is 13.1 Å². The lowest BCUT2D eigenvalue weighted by Crippen LogP contribution is -2.26. The molecule has 0 spiro atoms. The fourth-order valence-corrected chi connectivity index (χ4v) is 3.11. The first-order valence-electron chi connectivity index (χ1n) is 7.56. The average molecular weight is 279 g/mol. The second-order valence-corrected chi connectivity index (χ2v) is 7.02. The van der Waals surface area contributed by atoms with E-state index in [1.165, 1.54) is 25.3 Å². The molecule has 1 saturated heterocycles. The van der Waals surface area contributed by atoms with E-state index in [0.717, 1.165) is 19.0 Å². The van der Waals surface area contributed by atoms with E-state index in [0.29, 0.717) is 17.5 Å². The van der Waals surface area contributed by atoms with E-state index < -0.39 is 5.82 Å². The topological polar surface area (TPSA) is 23.5 Å². The molecule has 0 amide bonds. The lowest BCUT2D eigenvalue weighted by atomic mass is 9.77. The predicted molar refractivity (Wildman–Crippen MR) is 80.1 cm³/mol. The zero-order valence-electron chi connectivity index (χ0n) is 12.8. The average Bonchev–Trinajstić information content (AvgIpc) is 2.60. The van der Waals surface area contributed by atoms with Crippen LogP contribution in [0.3, 0.4) is 0 Å². The van der Waals surface area contributed by atoms with Gasteiger partial charge in [0, 0.05) is 12.1 Å². The summed E-state index contributed by atoms with van der Waals surface area (Å²) in [4.78, 5) is 2.33. The maximum absolute atomic E-state index is 13.4. The van der Waals surface area contributed by atoms with Gasteiger partial charge in [0.25, 0.3) is 0 Å². The van der Waals surface area contributed by atoms with Crippen LogP contribution in [0.25, 0.3) is 0 Å². The summed E-state index contributed by atoms with van der Waals surface area (Å²) >= 11 is 0. The first-order valence-corrected chi connectivity index (χ1v) is 7.56. The molecule has 20 heavy (non-hydrogen) atoms. The van der Waals surface area contributed by atoms with E-state index in [9.17, 15) is 9.50 Å². The molecule has 0 aromatic heterocycles. The lowest BCUT2D eigenvalue weighted by molar-refractivity contribution is 0.206. The molecule has 1 aliphatic heterocycles. The summed E-state index contributed by atoms with van der Waals surface area (Å²) in [6.45, 7) is 9.63. The molecule has 1 aliphatic rings. The molecule has 112 valence electrons. The van der Waals surface area contributed by atoms with Gasteiger partial charge in [0.15, 0.2) is 11.6 Å². The zero-order chi connectivity index (χ0) is 14.8. The fraction of sp³-hybridized carbons (Fsp3) is 0.647. The van der Waals surface area contributed by atoms with Crippen LogP contribution in [0.1, 0.15) is 45.6 Å². The number of likely N-dealkylation sites (tertiary alicyclic amines) is 1. The van der Waals surface area contributed by atoms with Crippen molar-refractivity contribution in [2.24, 2.45) is 11.3 Å². The number of hydrogen-bond donors (Lipinski definition) is 1. The van der Waals surface area contributed by atoms with Crippen LogP contribution in [-0.2, 0) is 6.54 Å². The Morgan fingerprint density at radius 1 is 1.25 bits per heavy atom.